The second-order valence-corrected chi connectivity index (χ2v) is 7.61. The van der Waals surface area contributed by atoms with E-state index in [9.17, 15) is 4.79 Å². The van der Waals surface area contributed by atoms with Crippen LogP contribution in [0.1, 0.15) is 59.8 Å². The highest BCUT2D eigenvalue weighted by atomic mass is 16.2. The molecule has 0 aromatic rings. The van der Waals surface area contributed by atoms with Crippen molar-refractivity contribution in [1.29, 1.82) is 0 Å². The molecule has 20 heavy (non-hydrogen) atoms. The molecule has 2 fully saturated rings. The van der Waals surface area contributed by atoms with Crippen molar-refractivity contribution < 1.29 is 4.79 Å². The van der Waals surface area contributed by atoms with Crippen LogP contribution in [0.2, 0.25) is 0 Å². The summed E-state index contributed by atoms with van der Waals surface area (Å²) in [5.74, 6) is 2.06. The molecule has 0 bridgehead atoms. The van der Waals surface area contributed by atoms with Gasteiger partial charge in [0.1, 0.15) is 0 Å². The number of carbonyl (C=O) groups excluding carboxylic acids is 1. The maximum Gasteiger partial charge on any atom is 0.226 e. The number of rotatable bonds is 3. The fourth-order valence-corrected chi connectivity index (χ4v) is 3.79. The molecular weight excluding hydrogens is 248 g/mol. The van der Waals surface area contributed by atoms with Crippen LogP contribution in [0.15, 0.2) is 0 Å². The van der Waals surface area contributed by atoms with Gasteiger partial charge < -0.3 is 10.6 Å². The van der Waals surface area contributed by atoms with Crippen molar-refractivity contribution in [2.45, 2.75) is 65.8 Å². The molecule has 1 aliphatic heterocycles. The van der Waals surface area contributed by atoms with Crippen LogP contribution in [0.3, 0.4) is 0 Å². The molecule has 0 aromatic carbocycles. The lowest BCUT2D eigenvalue weighted by molar-refractivity contribution is -0.134. The summed E-state index contributed by atoms with van der Waals surface area (Å²) in [5.41, 5.74) is -0.256. The predicted octanol–water partition coefficient (Wildman–Crippen LogP) is 2.95. The van der Waals surface area contributed by atoms with Gasteiger partial charge in [-0.05, 0) is 50.1 Å². The van der Waals surface area contributed by atoms with Crippen LogP contribution >= 0.6 is 0 Å². The van der Waals surface area contributed by atoms with E-state index in [1.807, 2.05) is 0 Å². The Kier molecular flexibility index (Phi) is 5.11. The topological polar surface area (TPSA) is 41.1 Å². The lowest BCUT2D eigenvalue weighted by Crippen LogP contribution is -2.52. The summed E-state index contributed by atoms with van der Waals surface area (Å²) in [6.07, 6.45) is 6.07. The van der Waals surface area contributed by atoms with Crippen molar-refractivity contribution in [3.8, 4) is 0 Å². The highest BCUT2D eigenvalue weighted by molar-refractivity contribution is 5.82. The SMILES string of the molecule is CC1CCCC(NC(=O)C(C)(C)C2CCCNC2)C1C. The average molecular weight is 280 g/mol. The quantitative estimate of drug-likeness (QED) is 0.834. The Hall–Kier alpha value is -0.570. The van der Waals surface area contributed by atoms with E-state index < -0.39 is 0 Å². The van der Waals surface area contributed by atoms with Gasteiger partial charge in [-0.15, -0.1) is 0 Å². The number of hydrogen-bond acceptors (Lipinski definition) is 2. The second kappa shape index (κ2) is 6.46. The Morgan fingerprint density at radius 2 is 1.90 bits per heavy atom. The van der Waals surface area contributed by atoms with E-state index >= 15 is 0 Å². The minimum atomic E-state index is -0.256. The molecule has 1 saturated carbocycles. The van der Waals surface area contributed by atoms with Gasteiger partial charge in [-0.1, -0.05) is 40.5 Å². The largest absolute Gasteiger partial charge is 0.353 e. The molecule has 0 radical (unpaired) electrons. The Balaban J connectivity index is 1.95. The molecule has 1 heterocycles. The molecule has 3 nitrogen and oxygen atoms in total. The first-order valence-electron chi connectivity index (χ1n) is 8.44. The van der Waals surface area contributed by atoms with Gasteiger partial charge in [0.25, 0.3) is 0 Å². The smallest absolute Gasteiger partial charge is 0.226 e. The lowest BCUT2D eigenvalue weighted by atomic mass is 9.73. The molecular formula is C17H32N2O. The zero-order valence-electron chi connectivity index (χ0n) is 13.7. The molecule has 1 saturated heterocycles. The number of hydrogen-bond donors (Lipinski definition) is 2. The normalized spacial score (nSPS) is 35.6. The van der Waals surface area contributed by atoms with Gasteiger partial charge in [0.2, 0.25) is 5.91 Å². The van der Waals surface area contributed by atoms with Crippen molar-refractivity contribution in [3.05, 3.63) is 0 Å². The highest BCUT2D eigenvalue weighted by Crippen LogP contribution is 2.34. The summed E-state index contributed by atoms with van der Waals surface area (Å²) in [5, 5.41) is 6.81. The van der Waals surface area contributed by atoms with Gasteiger partial charge in [0.15, 0.2) is 0 Å². The van der Waals surface area contributed by atoms with Crippen molar-refractivity contribution in [2.24, 2.45) is 23.2 Å². The molecule has 0 aromatic heterocycles. The van der Waals surface area contributed by atoms with Gasteiger partial charge >= 0.3 is 0 Å². The van der Waals surface area contributed by atoms with Crippen LogP contribution in [0.25, 0.3) is 0 Å². The maximum absolute atomic E-state index is 12.7. The summed E-state index contributed by atoms with van der Waals surface area (Å²) in [7, 11) is 0. The molecule has 4 atom stereocenters. The van der Waals surface area contributed by atoms with Gasteiger partial charge in [0, 0.05) is 11.5 Å². The van der Waals surface area contributed by atoms with Crippen LogP contribution in [0.5, 0.6) is 0 Å². The fraction of sp³-hybridized carbons (Fsp3) is 0.941. The van der Waals surface area contributed by atoms with Crippen LogP contribution < -0.4 is 10.6 Å². The Morgan fingerprint density at radius 3 is 2.55 bits per heavy atom. The van der Waals surface area contributed by atoms with E-state index in [-0.39, 0.29) is 11.3 Å². The maximum atomic E-state index is 12.7. The number of piperidine rings is 1. The van der Waals surface area contributed by atoms with E-state index in [1.54, 1.807) is 0 Å². The first kappa shape index (κ1) is 15.8. The highest BCUT2D eigenvalue weighted by Gasteiger charge is 2.39. The molecule has 116 valence electrons. The minimum Gasteiger partial charge on any atom is -0.353 e. The Morgan fingerprint density at radius 1 is 1.15 bits per heavy atom. The molecule has 4 unspecified atom stereocenters. The molecule has 1 aliphatic carbocycles. The number of amides is 1. The van der Waals surface area contributed by atoms with Crippen LogP contribution in [-0.2, 0) is 4.79 Å². The zero-order valence-corrected chi connectivity index (χ0v) is 13.7. The standard InChI is InChI=1S/C17H32N2O/c1-12-7-5-9-15(13(12)2)19-16(20)17(3,4)14-8-6-10-18-11-14/h12-15,18H,5-11H2,1-4H3,(H,19,20). The van der Waals surface area contributed by atoms with E-state index in [1.165, 1.54) is 25.7 Å². The summed E-state index contributed by atoms with van der Waals surface area (Å²) in [6, 6.07) is 0.377. The Bertz CT molecular complexity index is 334. The second-order valence-electron chi connectivity index (χ2n) is 7.61. The van der Waals surface area contributed by atoms with E-state index in [0.29, 0.717) is 17.9 Å². The van der Waals surface area contributed by atoms with Crippen molar-refractivity contribution >= 4 is 5.91 Å². The third-order valence-corrected chi connectivity index (χ3v) is 5.93. The first-order chi connectivity index (χ1) is 9.43. The van der Waals surface area contributed by atoms with E-state index in [2.05, 4.69) is 38.3 Å². The van der Waals surface area contributed by atoms with Gasteiger partial charge in [-0.3, -0.25) is 4.79 Å². The summed E-state index contributed by atoms with van der Waals surface area (Å²) < 4.78 is 0. The third kappa shape index (κ3) is 3.36. The summed E-state index contributed by atoms with van der Waals surface area (Å²) in [6.45, 7) is 10.9. The monoisotopic (exact) mass is 280 g/mol. The van der Waals surface area contributed by atoms with E-state index in [4.69, 9.17) is 0 Å². The van der Waals surface area contributed by atoms with Crippen LogP contribution in [-0.4, -0.2) is 25.0 Å². The summed E-state index contributed by atoms with van der Waals surface area (Å²) >= 11 is 0. The van der Waals surface area contributed by atoms with Gasteiger partial charge in [-0.2, -0.15) is 0 Å². The molecule has 2 N–H and O–H groups in total. The van der Waals surface area contributed by atoms with Crippen molar-refractivity contribution in [2.75, 3.05) is 13.1 Å². The Labute approximate surface area is 124 Å². The van der Waals surface area contributed by atoms with Crippen molar-refractivity contribution in [1.82, 2.24) is 10.6 Å². The van der Waals surface area contributed by atoms with Gasteiger partial charge in [0.05, 0.1) is 0 Å². The molecule has 0 spiro atoms. The van der Waals surface area contributed by atoms with E-state index in [0.717, 1.165) is 25.4 Å². The molecule has 1 amide bonds. The van der Waals surface area contributed by atoms with Crippen molar-refractivity contribution in [3.63, 3.8) is 0 Å². The molecule has 3 heteroatoms. The first-order valence-corrected chi connectivity index (χ1v) is 8.44. The average Bonchev–Trinajstić information content (AvgIpc) is 2.44. The summed E-state index contributed by atoms with van der Waals surface area (Å²) in [4.78, 5) is 12.7. The minimum absolute atomic E-state index is 0.256. The molecule has 2 rings (SSSR count). The van der Waals surface area contributed by atoms with Gasteiger partial charge in [-0.25, -0.2) is 0 Å². The molecule has 2 aliphatic rings. The number of nitrogens with one attached hydrogen (secondary N) is 2. The third-order valence-electron chi connectivity index (χ3n) is 5.93. The zero-order chi connectivity index (χ0) is 14.8. The number of carbonyl (C=O) groups is 1. The fourth-order valence-electron chi connectivity index (χ4n) is 3.79. The lowest BCUT2D eigenvalue weighted by Gasteiger charge is -2.40. The predicted molar refractivity (Wildman–Crippen MR) is 83.5 cm³/mol. The van der Waals surface area contributed by atoms with Crippen LogP contribution in [0.4, 0.5) is 0 Å². The van der Waals surface area contributed by atoms with Crippen LogP contribution in [0, 0.1) is 23.2 Å².